The van der Waals surface area contributed by atoms with Gasteiger partial charge in [0.05, 0.1) is 0 Å². The third kappa shape index (κ3) is 3.99. The van der Waals surface area contributed by atoms with Gasteiger partial charge in [-0.25, -0.2) is 13.6 Å². The van der Waals surface area contributed by atoms with Crippen LogP contribution in [0.3, 0.4) is 0 Å². The van der Waals surface area contributed by atoms with Crippen molar-refractivity contribution in [3.63, 3.8) is 0 Å². The maximum absolute atomic E-state index is 10.8. The summed E-state index contributed by atoms with van der Waals surface area (Å²) in [5.74, 6) is -1.26. The molecule has 7 heteroatoms. The van der Waals surface area contributed by atoms with Crippen LogP contribution in [0.5, 0.6) is 0 Å². The molecule has 0 bridgehead atoms. The monoisotopic (exact) mass is 225 g/mol. The number of hydrogen-bond donors (Lipinski definition) is 2. The van der Waals surface area contributed by atoms with E-state index in [2.05, 4.69) is 4.98 Å². The van der Waals surface area contributed by atoms with Crippen molar-refractivity contribution in [3.05, 3.63) is 33.2 Å². The second-order valence-corrected chi connectivity index (χ2v) is 2.36. The lowest BCUT2D eigenvalue weighted by atomic mass is 10.3. The van der Waals surface area contributed by atoms with E-state index in [1.165, 1.54) is 6.07 Å². The SMILES string of the molecule is FCF.O=C(O)c1ccc(Cl)[nH]c1=O. The quantitative estimate of drug-likeness (QED) is 0.714. The first-order valence-electron chi connectivity index (χ1n) is 3.27. The first-order chi connectivity index (χ1) is 6.52. The molecule has 0 spiro atoms. The van der Waals surface area contributed by atoms with Crippen LogP contribution in [0, 0.1) is 0 Å². The molecule has 0 aliphatic heterocycles. The minimum atomic E-state index is -1.75. The third-order valence-electron chi connectivity index (χ3n) is 1.10. The first kappa shape index (κ1) is 12.6. The highest BCUT2D eigenvalue weighted by Crippen LogP contribution is 2.00. The van der Waals surface area contributed by atoms with Crippen LogP contribution in [0.4, 0.5) is 8.78 Å². The number of rotatable bonds is 1. The number of aromatic carboxylic acids is 1. The Labute approximate surface area is 82.1 Å². The molecular weight excluding hydrogens is 220 g/mol. The second-order valence-electron chi connectivity index (χ2n) is 1.96. The molecule has 0 unspecified atom stereocenters. The van der Waals surface area contributed by atoms with Crippen molar-refractivity contribution in [3.8, 4) is 0 Å². The molecule has 1 aromatic heterocycles. The van der Waals surface area contributed by atoms with Crippen LogP contribution in [0.15, 0.2) is 16.9 Å². The van der Waals surface area contributed by atoms with E-state index < -0.39 is 18.5 Å². The third-order valence-corrected chi connectivity index (χ3v) is 1.32. The normalized spacial score (nSPS) is 8.79. The summed E-state index contributed by atoms with van der Waals surface area (Å²) < 4.78 is 19.2. The summed E-state index contributed by atoms with van der Waals surface area (Å²) >= 11 is 5.37. The summed E-state index contributed by atoms with van der Waals surface area (Å²) in [7, 11) is 0. The molecule has 0 aromatic carbocycles. The van der Waals surface area contributed by atoms with E-state index in [0.717, 1.165) is 6.07 Å². The van der Waals surface area contributed by atoms with Gasteiger partial charge in [-0.3, -0.25) is 4.79 Å². The molecule has 0 atom stereocenters. The molecule has 0 saturated carbocycles. The highest BCUT2D eigenvalue weighted by molar-refractivity contribution is 6.29. The fourth-order valence-electron chi connectivity index (χ4n) is 0.618. The summed E-state index contributed by atoms with van der Waals surface area (Å²) in [6.45, 7) is -1.75. The van der Waals surface area contributed by atoms with E-state index >= 15 is 0 Å². The van der Waals surface area contributed by atoms with Crippen molar-refractivity contribution in [2.24, 2.45) is 0 Å². The summed E-state index contributed by atoms with van der Waals surface area (Å²) in [4.78, 5) is 23.2. The number of aromatic nitrogens is 1. The van der Waals surface area contributed by atoms with E-state index in [9.17, 15) is 18.4 Å². The number of nitrogens with one attached hydrogen (secondary N) is 1. The summed E-state index contributed by atoms with van der Waals surface area (Å²) in [5.41, 5.74) is -1.00. The smallest absolute Gasteiger partial charge is 0.341 e. The first-order valence-corrected chi connectivity index (χ1v) is 3.64. The molecule has 78 valence electrons. The highest BCUT2D eigenvalue weighted by atomic mass is 35.5. The molecule has 0 aliphatic carbocycles. The van der Waals surface area contributed by atoms with E-state index in [-0.39, 0.29) is 10.7 Å². The van der Waals surface area contributed by atoms with Gasteiger partial charge in [0, 0.05) is 0 Å². The van der Waals surface area contributed by atoms with Crippen molar-refractivity contribution in [2.75, 3.05) is 6.93 Å². The minimum absolute atomic E-state index is 0.125. The number of halogens is 3. The number of carboxylic acids is 1. The minimum Gasteiger partial charge on any atom is -0.477 e. The zero-order chi connectivity index (χ0) is 11.1. The van der Waals surface area contributed by atoms with E-state index in [0.29, 0.717) is 0 Å². The van der Waals surface area contributed by atoms with Crippen LogP contribution in [0.1, 0.15) is 10.4 Å². The number of pyridine rings is 1. The zero-order valence-electron chi connectivity index (χ0n) is 6.76. The Bertz CT molecular complexity index is 366. The molecule has 0 amide bonds. The fourth-order valence-corrected chi connectivity index (χ4v) is 0.767. The van der Waals surface area contributed by atoms with Gasteiger partial charge in [-0.2, -0.15) is 0 Å². The van der Waals surface area contributed by atoms with Crippen molar-refractivity contribution in [2.45, 2.75) is 0 Å². The number of hydrogen-bond acceptors (Lipinski definition) is 2. The van der Waals surface area contributed by atoms with Crippen molar-refractivity contribution in [1.29, 1.82) is 0 Å². The predicted molar refractivity (Wildman–Crippen MR) is 46.1 cm³/mol. The molecule has 1 rings (SSSR count). The maximum atomic E-state index is 10.8. The predicted octanol–water partition coefficient (Wildman–Crippen LogP) is 1.61. The van der Waals surface area contributed by atoms with E-state index in [1.807, 2.05) is 0 Å². The van der Waals surface area contributed by atoms with Crippen LogP contribution in [-0.2, 0) is 0 Å². The lowest BCUT2D eigenvalue weighted by molar-refractivity contribution is 0.0695. The van der Waals surface area contributed by atoms with Crippen molar-refractivity contribution < 1.29 is 18.7 Å². The van der Waals surface area contributed by atoms with E-state index in [1.54, 1.807) is 0 Å². The number of carboxylic acid groups (broad SMARTS) is 1. The van der Waals surface area contributed by atoms with Crippen LogP contribution in [-0.4, -0.2) is 23.0 Å². The van der Waals surface area contributed by atoms with Gasteiger partial charge < -0.3 is 10.1 Å². The van der Waals surface area contributed by atoms with Gasteiger partial charge in [0.15, 0.2) is 0 Å². The Kier molecular flexibility index (Phi) is 5.47. The lowest BCUT2D eigenvalue weighted by Crippen LogP contribution is -2.16. The van der Waals surface area contributed by atoms with Crippen molar-refractivity contribution in [1.82, 2.24) is 4.98 Å². The number of alkyl halides is 2. The van der Waals surface area contributed by atoms with Crippen LogP contribution in [0.2, 0.25) is 5.15 Å². The summed E-state index contributed by atoms with van der Waals surface area (Å²) in [5, 5.41) is 8.52. The van der Waals surface area contributed by atoms with E-state index in [4.69, 9.17) is 16.7 Å². The molecule has 2 N–H and O–H groups in total. The largest absolute Gasteiger partial charge is 0.477 e. The fraction of sp³-hybridized carbons (Fsp3) is 0.143. The molecule has 4 nitrogen and oxygen atoms in total. The average molecular weight is 226 g/mol. The number of aromatic amines is 1. The molecule has 0 aliphatic rings. The molecule has 0 fully saturated rings. The van der Waals surface area contributed by atoms with Gasteiger partial charge in [-0.1, -0.05) is 11.6 Å². The molecule has 1 heterocycles. The Morgan fingerprint density at radius 2 is 2.00 bits per heavy atom. The molecule has 0 radical (unpaired) electrons. The molecule has 1 aromatic rings. The zero-order valence-corrected chi connectivity index (χ0v) is 7.52. The Morgan fingerprint density at radius 1 is 1.50 bits per heavy atom. The molecule has 0 saturated heterocycles. The highest BCUT2D eigenvalue weighted by Gasteiger charge is 2.06. The molecular formula is C7H6ClF2NO3. The van der Waals surface area contributed by atoms with Gasteiger partial charge in [0.25, 0.3) is 5.56 Å². The Hall–Kier alpha value is -1.43. The average Bonchev–Trinajstić information content (AvgIpc) is 2.04. The van der Waals surface area contributed by atoms with Crippen LogP contribution < -0.4 is 5.56 Å². The van der Waals surface area contributed by atoms with Crippen LogP contribution >= 0.6 is 11.6 Å². The van der Waals surface area contributed by atoms with Gasteiger partial charge in [0.1, 0.15) is 10.7 Å². The van der Waals surface area contributed by atoms with Gasteiger partial charge in [-0.05, 0) is 12.1 Å². The number of H-pyrrole nitrogens is 1. The topological polar surface area (TPSA) is 70.2 Å². The second kappa shape index (κ2) is 6.09. The summed E-state index contributed by atoms with van der Waals surface area (Å²) in [6.07, 6.45) is 0. The summed E-state index contributed by atoms with van der Waals surface area (Å²) in [6, 6.07) is 2.47. The maximum Gasteiger partial charge on any atom is 0.341 e. The van der Waals surface area contributed by atoms with Crippen LogP contribution in [0.25, 0.3) is 0 Å². The standard InChI is InChI=1S/C6H4ClNO3.CH2F2/c7-4-2-1-3(6(10)11)5(9)8-4;2-1-3/h1-2H,(H,8,9)(H,10,11);1H2. The Morgan fingerprint density at radius 3 is 2.36 bits per heavy atom. The van der Waals surface area contributed by atoms with Gasteiger partial charge in [0.2, 0.25) is 6.93 Å². The molecule has 14 heavy (non-hydrogen) atoms. The van der Waals surface area contributed by atoms with Gasteiger partial charge >= 0.3 is 5.97 Å². The Balaban J connectivity index is 0.000000500. The van der Waals surface area contributed by atoms with Crippen molar-refractivity contribution >= 4 is 17.6 Å². The lowest BCUT2D eigenvalue weighted by Gasteiger charge is -1.91. The number of carbonyl (C=O) groups is 1. The van der Waals surface area contributed by atoms with Gasteiger partial charge in [-0.15, -0.1) is 0 Å².